The minimum absolute atomic E-state index is 0.0891. The fourth-order valence-corrected chi connectivity index (χ4v) is 2.50. The Bertz CT molecular complexity index is 265. The van der Waals surface area contributed by atoms with E-state index >= 15 is 0 Å². The van der Waals surface area contributed by atoms with Gasteiger partial charge < -0.3 is 15.4 Å². The van der Waals surface area contributed by atoms with Gasteiger partial charge in [0.15, 0.2) is 0 Å². The first-order chi connectivity index (χ1) is 8.13. The number of carbonyl (C=O) groups excluding carboxylic acids is 2. The van der Waals surface area contributed by atoms with Crippen LogP contribution in [0.5, 0.6) is 0 Å². The number of ether oxygens (including phenoxy) is 1. The molecule has 17 heavy (non-hydrogen) atoms. The summed E-state index contributed by atoms with van der Waals surface area (Å²) in [7, 11) is 0. The van der Waals surface area contributed by atoms with Crippen molar-refractivity contribution < 1.29 is 14.3 Å². The van der Waals surface area contributed by atoms with Crippen LogP contribution in [0.15, 0.2) is 0 Å². The van der Waals surface area contributed by atoms with Gasteiger partial charge in [0, 0.05) is 19.7 Å². The van der Waals surface area contributed by atoms with Gasteiger partial charge in [0.05, 0.1) is 17.6 Å². The Morgan fingerprint density at radius 2 is 2.00 bits per heavy atom. The molecule has 1 heterocycles. The summed E-state index contributed by atoms with van der Waals surface area (Å²) in [5, 5.41) is 0. The van der Waals surface area contributed by atoms with Crippen molar-refractivity contribution >= 4 is 23.6 Å². The van der Waals surface area contributed by atoms with Gasteiger partial charge in [-0.2, -0.15) is 0 Å². The molecule has 0 radical (unpaired) electrons. The summed E-state index contributed by atoms with van der Waals surface area (Å²) in [6.45, 7) is 4.21. The Hall–Kier alpha value is -0.750. The number of likely N-dealkylation sites (tertiary alicyclic amines) is 1. The summed E-state index contributed by atoms with van der Waals surface area (Å²) >= 11 is 1.28. The van der Waals surface area contributed by atoms with E-state index in [0.29, 0.717) is 11.9 Å². The van der Waals surface area contributed by atoms with Gasteiger partial charge in [0.1, 0.15) is 0 Å². The lowest BCUT2D eigenvalue weighted by Gasteiger charge is -2.31. The second-order valence-corrected chi connectivity index (χ2v) is 4.98. The summed E-state index contributed by atoms with van der Waals surface area (Å²) in [5.41, 5.74) is 5.01. The Balaban J connectivity index is 2.19. The maximum atomic E-state index is 11.8. The molecular formula is C11H20N2O3S. The fraction of sp³-hybridized carbons (Fsp3) is 0.818. The van der Waals surface area contributed by atoms with E-state index in [1.165, 1.54) is 11.8 Å². The number of nitrogens with two attached hydrogens (primary N) is 1. The molecule has 0 aromatic heterocycles. The number of thioether (sulfide) groups is 1. The SMILES string of the molecule is CCOC1CCN(C(=O)CSCC(N)=O)CC1. The van der Waals surface area contributed by atoms with Crippen LogP contribution in [-0.2, 0) is 14.3 Å². The van der Waals surface area contributed by atoms with Crippen molar-refractivity contribution in [3.05, 3.63) is 0 Å². The molecule has 1 aliphatic heterocycles. The molecular weight excluding hydrogens is 240 g/mol. The van der Waals surface area contributed by atoms with Crippen LogP contribution in [-0.4, -0.2) is 54.0 Å². The molecule has 0 saturated carbocycles. The van der Waals surface area contributed by atoms with Crippen LogP contribution in [0.3, 0.4) is 0 Å². The molecule has 98 valence electrons. The lowest BCUT2D eigenvalue weighted by atomic mass is 10.1. The minimum Gasteiger partial charge on any atom is -0.378 e. The molecule has 1 saturated heterocycles. The summed E-state index contributed by atoms with van der Waals surface area (Å²) in [6, 6.07) is 0. The van der Waals surface area contributed by atoms with Gasteiger partial charge >= 0.3 is 0 Å². The van der Waals surface area contributed by atoms with Crippen LogP contribution in [0.1, 0.15) is 19.8 Å². The Morgan fingerprint density at radius 1 is 1.35 bits per heavy atom. The number of hydrogen-bond donors (Lipinski definition) is 1. The molecule has 1 rings (SSSR count). The van der Waals surface area contributed by atoms with E-state index in [2.05, 4.69) is 0 Å². The van der Waals surface area contributed by atoms with Crippen LogP contribution in [0.4, 0.5) is 0 Å². The standard InChI is InChI=1S/C11H20N2O3S/c1-2-16-9-3-5-13(6-4-9)11(15)8-17-7-10(12)14/h9H,2-8H2,1H3,(H2,12,14). The third-order valence-electron chi connectivity index (χ3n) is 2.67. The van der Waals surface area contributed by atoms with Gasteiger partial charge in [-0.05, 0) is 19.8 Å². The summed E-state index contributed by atoms with van der Waals surface area (Å²) < 4.78 is 5.52. The highest BCUT2D eigenvalue weighted by Crippen LogP contribution is 2.14. The Kier molecular flexibility index (Phi) is 6.36. The molecule has 6 heteroatoms. The Morgan fingerprint density at radius 3 is 2.53 bits per heavy atom. The number of hydrogen-bond acceptors (Lipinski definition) is 4. The number of piperidine rings is 1. The summed E-state index contributed by atoms with van der Waals surface area (Å²) in [6.07, 6.45) is 2.10. The molecule has 0 bridgehead atoms. The second-order valence-electron chi connectivity index (χ2n) is 3.99. The zero-order valence-corrected chi connectivity index (χ0v) is 11.0. The molecule has 0 aliphatic carbocycles. The van der Waals surface area contributed by atoms with Crippen molar-refractivity contribution in [3.63, 3.8) is 0 Å². The summed E-state index contributed by atoms with van der Waals surface area (Å²) in [4.78, 5) is 24.1. The molecule has 2 amide bonds. The first kappa shape index (κ1) is 14.3. The van der Waals surface area contributed by atoms with E-state index < -0.39 is 0 Å². The van der Waals surface area contributed by atoms with Gasteiger partial charge in [0.25, 0.3) is 0 Å². The van der Waals surface area contributed by atoms with Crippen LogP contribution >= 0.6 is 11.8 Å². The van der Waals surface area contributed by atoms with Gasteiger partial charge in [-0.25, -0.2) is 0 Å². The van der Waals surface area contributed by atoms with E-state index in [-0.39, 0.29) is 17.6 Å². The third-order valence-corrected chi connectivity index (χ3v) is 3.61. The van der Waals surface area contributed by atoms with Crippen molar-refractivity contribution in [2.45, 2.75) is 25.9 Å². The van der Waals surface area contributed by atoms with Gasteiger partial charge in [-0.1, -0.05) is 0 Å². The Labute approximate surface area is 106 Å². The van der Waals surface area contributed by atoms with Crippen LogP contribution in [0.2, 0.25) is 0 Å². The van der Waals surface area contributed by atoms with Crippen LogP contribution in [0, 0.1) is 0 Å². The smallest absolute Gasteiger partial charge is 0.232 e. The maximum Gasteiger partial charge on any atom is 0.232 e. The highest BCUT2D eigenvalue weighted by atomic mass is 32.2. The average molecular weight is 260 g/mol. The highest BCUT2D eigenvalue weighted by Gasteiger charge is 2.22. The highest BCUT2D eigenvalue weighted by molar-refractivity contribution is 8.00. The normalized spacial score (nSPS) is 17.1. The maximum absolute atomic E-state index is 11.8. The molecule has 0 unspecified atom stereocenters. The quantitative estimate of drug-likeness (QED) is 0.742. The molecule has 0 atom stereocenters. The minimum atomic E-state index is -0.377. The molecule has 5 nitrogen and oxygen atoms in total. The zero-order chi connectivity index (χ0) is 12.7. The van der Waals surface area contributed by atoms with Crippen molar-refractivity contribution in [1.82, 2.24) is 4.90 Å². The van der Waals surface area contributed by atoms with Crippen LogP contribution < -0.4 is 5.73 Å². The molecule has 0 spiro atoms. The van der Waals surface area contributed by atoms with Crippen LogP contribution in [0.25, 0.3) is 0 Å². The summed E-state index contributed by atoms with van der Waals surface area (Å²) in [5.74, 6) is 0.257. The number of nitrogens with zero attached hydrogens (tertiary/aromatic N) is 1. The average Bonchev–Trinajstić information content (AvgIpc) is 2.30. The number of rotatable bonds is 6. The van der Waals surface area contributed by atoms with Crippen molar-refractivity contribution in [1.29, 1.82) is 0 Å². The number of carbonyl (C=O) groups is 2. The predicted molar refractivity (Wildman–Crippen MR) is 67.7 cm³/mol. The van der Waals surface area contributed by atoms with E-state index in [9.17, 15) is 9.59 Å². The number of amides is 2. The predicted octanol–water partition coefficient (Wildman–Crippen LogP) is 0.232. The first-order valence-electron chi connectivity index (χ1n) is 5.89. The van der Waals surface area contributed by atoms with Crippen molar-refractivity contribution in [2.75, 3.05) is 31.2 Å². The van der Waals surface area contributed by atoms with E-state index in [1.54, 1.807) is 0 Å². The monoisotopic (exact) mass is 260 g/mol. The molecule has 2 N–H and O–H groups in total. The largest absolute Gasteiger partial charge is 0.378 e. The molecule has 0 aromatic rings. The van der Waals surface area contributed by atoms with Gasteiger partial charge in [-0.3, -0.25) is 9.59 Å². The van der Waals surface area contributed by atoms with E-state index in [1.807, 2.05) is 11.8 Å². The van der Waals surface area contributed by atoms with E-state index in [4.69, 9.17) is 10.5 Å². The topological polar surface area (TPSA) is 72.6 Å². The second kappa shape index (κ2) is 7.55. The fourth-order valence-electron chi connectivity index (χ4n) is 1.84. The molecule has 0 aromatic carbocycles. The van der Waals surface area contributed by atoms with Crippen molar-refractivity contribution in [3.8, 4) is 0 Å². The first-order valence-corrected chi connectivity index (χ1v) is 7.04. The van der Waals surface area contributed by atoms with Gasteiger partial charge in [-0.15, -0.1) is 11.8 Å². The molecule has 1 fully saturated rings. The third kappa shape index (κ3) is 5.41. The number of primary amides is 1. The van der Waals surface area contributed by atoms with Crippen molar-refractivity contribution in [2.24, 2.45) is 5.73 Å². The zero-order valence-electron chi connectivity index (χ0n) is 10.2. The van der Waals surface area contributed by atoms with Gasteiger partial charge in [0.2, 0.25) is 11.8 Å². The lowest BCUT2D eigenvalue weighted by Crippen LogP contribution is -2.41. The van der Waals surface area contributed by atoms with E-state index in [0.717, 1.165) is 32.5 Å². The lowest BCUT2D eigenvalue weighted by molar-refractivity contribution is -0.130. The molecule has 1 aliphatic rings.